The second kappa shape index (κ2) is 9.24. The summed E-state index contributed by atoms with van der Waals surface area (Å²) in [6.07, 6.45) is 2.32. The van der Waals surface area contributed by atoms with Crippen LogP contribution in [0.2, 0.25) is 0 Å². The van der Waals surface area contributed by atoms with Crippen LogP contribution in [0, 0.1) is 12.8 Å². The molecule has 0 saturated carbocycles. The van der Waals surface area contributed by atoms with Crippen LogP contribution in [-0.4, -0.2) is 44.7 Å². The number of thiophene rings is 1. The van der Waals surface area contributed by atoms with Crippen LogP contribution in [0.15, 0.2) is 30.3 Å². The Balaban J connectivity index is 1.55. The monoisotopic (exact) mass is 388 g/mol. The average molecular weight is 389 g/mol. The lowest BCUT2D eigenvalue weighted by atomic mass is 9.97. The SMILES string of the molecule is COc1cccc(C(=O)NC[C@@H]2CCCN(Cc3ccc(C)s3)C2)c1OC. The van der Waals surface area contributed by atoms with Crippen LogP contribution < -0.4 is 14.8 Å². The Morgan fingerprint density at radius 2 is 2.11 bits per heavy atom. The van der Waals surface area contributed by atoms with Gasteiger partial charge in [-0.2, -0.15) is 0 Å². The number of nitrogens with one attached hydrogen (secondary N) is 1. The number of nitrogens with zero attached hydrogens (tertiary/aromatic N) is 1. The molecule has 0 radical (unpaired) electrons. The Morgan fingerprint density at radius 1 is 1.26 bits per heavy atom. The Kier molecular flexibility index (Phi) is 6.74. The van der Waals surface area contributed by atoms with Crippen molar-refractivity contribution in [2.45, 2.75) is 26.3 Å². The molecule has 1 aliphatic heterocycles. The maximum Gasteiger partial charge on any atom is 0.255 e. The maximum atomic E-state index is 12.7. The number of benzene rings is 1. The van der Waals surface area contributed by atoms with Crippen molar-refractivity contribution in [1.82, 2.24) is 10.2 Å². The number of hydrogen-bond donors (Lipinski definition) is 1. The molecule has 1 amide bonds. The van der Waals surface area contributed by atoms with Crippen LogP contribution in [-0.2, 0) is 6.54 Å². The summed E-state index contributed by atoms with van der Waals surface area (Å²) in [5, 5.41) is 3.08. The zero-order valence-electron chi connectivity index (χ0n) is 16.3. The van der Waals surface area contributed by atoms with Gasteiger partial charge in [0.05, 0.1) is 19.8 Å². The number of aryl methyl sites for hydroxylation is 1. The van der Waals surface area contributed by atoms with E-state index < -0.39 is 0 Å². The third-order valence-electron chi connectivity index (χ3n) is 4.98. The Morgan fingerprint density at radius 3 is 2.81 bits per heavy atom. The van der Waals surface area contributed by atoms with Crippen molar-refractivity contribution in [3.8, 4) is 11.5 Å². The summed E-state index contributed by atoms with van der Waals surface area (Å²) in [7, 11) is 3.13. The summed E-state index contributed by atoms with van der Waals surface area (Å²) in [6.45, 7) is 5.99. The predicted molar refractivity (Wildman–Crippen MR) is 109 cm³/mol. The summed E-state index contributed by atoms with van der Waals surface area (Å²) >= 11 is 1.87. The average Bonchev–Trinajstić information content (AvgIpc) is 3.10. The highest BCUT2D eigenvalue weighted by atomic mass is 32.1. The van der Waals surface area contributed by atoms with E-state index in [1.165, 1.54) is 16.2 Å². The van der Waals surface area contributed by atoms with Crippen LogP contribution in [0.1, 0.15) is 33.0 Å². The molecule has 2 aromatic rings. The predicted octanol–water partition coefficient (Wildman–Crippen LogP) is 3.72. The van der Waals surface area contributed by atoms with Gasteiger partial charge in [0, 0.05) is 29.4 Å². The molecule has 2 heterocycles. The number of hydrogen-bond acceptors (Lipinski definition) is 5. The fraction of sp³-hybridized carbons (Fsp3) is 0.476. The molecule has 1 saturated heterocycles. The number of amides is 1. The molecule has 27 heavy (non-hydrogen) atoms. The van der Waals surface area contributed by atoms with Crippen LogP contribution in [0.25, 0.3) is 0 Å². The van der Waals surface area contributed by atoms with Gasteiger partial charge in [0.25, 0.3) is 5.91 Å². The molecular formula is C21H28N2O3S. The van der Waals surface area contributed by atoms with Crippen LogP contribution in [0.5, 0.6) is 11.5 Å². The van der Waals surface area contributed by atoms with Crippen LogP contribution in [0.4, 0.5) is 0 Å². The molecule has 1 fully saturated rings. The van der Waals surface area contributed by atoms with Gasteiger partial charge in [-0.3, -0.25) is 9.69 Å². The van der Waals surface area contributed by atoms with Crippen molar-refractivity contribution in [3.05, 3.63) is 45.6 Å². The van der Waals surface area contributed by atoms with Gasteiger partial charge < -0.3 is 14.8 Å². The van der Waals surface area contributed by atoms with E-state index in [1.54, 1.807) is 26.4 Å². The minimum atomic E-state index is -0.114. The van der Waals surface area contributed by atoms with E-state index in [0.29, 0.717) is 29.5 Å². The zero-order valence-corrected chi connectivity index (χ0v) is 17.1. The first-order valence-corrected chi connectivity index (χ1v) is 10.2. The normalized spacial score (nSPS) is 17.5. The van der Waals surface area contributed by atoms with Crippen molar-refractivity contribution in [2.24, 2.45) is 5.92 Å². The highest BCUT2D eigenvalue weighted by Gasteiger charge is 2.22. The van der Waals surface area contributed by atoms with Crippen molar-refractivity contribution in [3.63, 3.8) is 0 Å². The smallest absolute Gasteiger partial charge is 0.255 e. The van der Waals surface area contributed by atoms with Crippen molar-refractivity contribution in [2.75, 3.05) is 33.9 Å². The van der Waals surface area contributed by atoms with Gasteiger partial charge in [-0.15, -0.1) is 11.3 Å². The van der Waals surface area contributed by atoms with Crippen molar-refractivity contribution < 1.29 is 14.3 Å². The van der Waals surface area contributed by atoms with Gasteiger partial charge in [0.1, 0.15) is 0 Å². The number of carbonyl (C=O) groups is 1. The first kappa shape index (κ1) is 19.7. The third kappa shape index (κ3) is 5.02. The fourth-order valence-corrected chi connectivity index (χ4v) is 4.58. The largest absolute Gasteiger partial charge is 0.493 e. The fourth-order valence-electron chi connectivity index (χ4n) is 3.65. The summed E-state index contributed by atoms with van der Waals surface area (Å²) in [5.74, 6) is 1.41. The minimum Gasteiger partial charge on any atom is -0.493 e. The van der Waals surface area contributed by atoms with E-state index >= 15 is 0 Å². The topological polar surface area (TPSA) is 50.8 Å². The summed E-state index contributed by atoms with van der Waals surface area (Å²) < 4.78 is 10.7. The molecule has 1 aromatic heterocycles. The van der Waals surface area contributed by atoms with Gasteiger partial charge in [0.15, 0.2) is 11.5 Å². The molecule has 1 N–H and O–H groups in total. The second-order valence-electron chi connectivity index (χ2n) is 7.01. The Labute approximate surface area is 165 Å². The number of likely N-dealkylation sites (tertiary alicyclic amines) is 1. The summed E-state index contributed by atoms with van der Waals surface area (Å²) in [4.78, 5) is 17.9. The lowest BCUT2D eigenvalue weighted by Crippen LogP contribution is -2.40. The third-order valence-corrected chi connectivity index (χ3v) is 5.96. The zero-order chi connectivity index (χ0) is 19.2. The van der Waals surface area contributed by atoms with E-state index in [9.17, 15) is 4.79 Å². The molecule has 6 heteroatoms. The van der Waals surface area contributed by atoms with Crippen molar-refractivity contribution in [1.29, 1.82) is 0 Å². The van der Waals surface area contributed by atoms with Gasteiger partial charge in [-0.05, 0) is 56.5 Å². The molecule has 146 valence electrons. The Bertz CT molecular complexity index is 775. The molecular weight excluding hydrogens is 360 g/mol. The van der Waals surface area contributed by atoms with E-state index in [-0.39, 0.29) is 5.91 Å². The Hall–Kier alpha value is -2.05. The molecule has 1 atom stereocenters. The van der Waals surface area contributed by atoms with Gasteiger partial charge in [-0.25, -0.2) is 0 Å². The number of piperidine rings is 1. The number of rotatable bonds is 7. The summed E-state index contributed by atoms with van der Waals surface area (Å²) in [5.41, 5.74) is 0.513. The molecule has 5 nitrogen and oxygen atoms in total. The van der Waals surface area contributed by atoms with E-state index in [2.05, 4.69) is 29.3 Å². The van der Waals surface area contributed by atoms with Crippen LogP contribution >= 0.6 is 11.3 Å². The number of methoxy groups -OCH3 is 2. The molecule has 3 rings (SSSR count). The number of carbonyl (C=O) groups excluding carboxylic acids is 1. The second-order valence-corrected chi connectivity index (χ2v) is 8.38. The molecule has 1 aromatic carbocycles. The van der Waals surface area contributed by atoms with Gasteiger partial charge >= 0.3 is 0 Å². The van der Waals surface area contributed by atoms with E-state index in [4.69, 9.17) is 9.47 Å². The summed E-state index contributed by atoms with van der Waals surface area (Å²) in [6, 6.07) is 9.77. The first-order chi connectivity index (χ1) is 13.1. The number of para-hydroxylation sites is 1. The van der Waals surface area contributed by atoms with Crippen molar-refractivity contribution >= 4 is 17.2 Å². The molecule has 0 aliphatic carbocycles. The van der Waals surface area contributed by atoms with Crippen LogP contribution in [0.3, 0.4) is 0 Å². The molecule has 1 aliphatic rings. The quantitative estimate of drug-likeness (QED) is 0.785. The molecule has 0 spiro atoms. The highest BCUT2D eigenvalue weighted by molar-refractivity contribution is 7.11. The minimum absolute atomic E-state index is 0.114. The molecule has 0 bridgehead atoms. The maximum absolute atomic E-state index is 12.7. The van der Waals surface area contributed by atoms with Gasteiger partial charge in [0.2, 0.25) is 0 Å². The molecule has 0 unspecified atom stereocenters. The van der Waals surface area contributed by atoms with E-state index in [1.807, 2.05) is 17.4 Å². The highest BCUT2D eigenvalue weighted by Crippen LogP contribution is 2.30. The van der Waals surface area contributed by atoms with E-state index in [0.717, 1.165) is 26.1 Å². The van der Waals surface area contributed by atoms with Gasteiger partial charge in [-0.1, -0.05) is 6.07 Å². The lowest BCUT2D eigenvalue weighted by Gasteiger charge is -2.32. The standard InChI is InChI=1S/C21H28N2O3S/c1-15-9-10-17(27-15)14-23-11-5-6-16(13-23)12-22-21(24)18-7-4-8-19(25-2)20(18)26-3/h4,7-10,16H,5-6,11-14H2,1-3H3,(H,22,24)/t16-/m0/s1. The number of ether oxygens (including phenoxy) is 2. The first-order valence-electron chi connectivity index (χ1n) is 9.37. The lowest BCUT2D eigenvalue weighted by molar-refractivity contribution is 0.0927.